The molecule has 2 rings (SSSR count). The fraction of sp³-hybridized carbons (Fsp3) is 0.308. The van der Waals surface area contributed by atoms with E-state index in [0.29, 0.717) is 5.75 Å². The van der Waals surface area contributed by atoms with Crippen LogP contribution in [0.15, 0.2) is 30.9 Å². The maximum absolute atomic E-state index is 5.17. The fourth-order valence-corrected chi connectivity index (χ4v) is 1.58. The summed E-state index contributed by atoms with van der Waals surface area (Å²) in [6.07, 6.45) is 7.80. The normalized spacial score (nSPS) is 10.1. The summed E-state index contributed by atoms with van der Waals surface area (Å²) in [6, 6.07) is 1.90. The van der Waals surface area contributed by atoms with E-state index < -0.39 is 0 Å². The number of ether oxygens (including phenoxy) is 1. The second-order valence-electron chi connectivity index (χ2n) is 3.79. The molecule has 2 aromatic heterocycles. The van der Waals surface area contributed by atoms with Crippen molar-refractivity contribution < 1.29 is 4.74 Å². The minimum Gasteiger partial charge on any atom is -0.495 e. The van der Waals surface area contributed by atoms with Gasteiger partial charge < -0.3 is 10.1 Å². The molecule has 0 bridgehead atoms. The third-order valence-electron chi connectivity index (χ3n) is 2.46. The number of hydrogen-bond donors (Lipinski definition) is 1. The maximum Gasteiger partial charge on any atom is 0.152 e. The van der Waals surface area contributed by atoms with Crippen molar-refractivity contribution >= 4 is 5.82 Å². The lowest BCUT2D eigenvalue weighted by Gasteiger charge is -2.09. The molecule has 94 valence electrons. The number of anilines is 1. The van der Waals surface area contributed by atoms with Crippen molar-refractivity contribution in [2.45, 2.75) is 13.3 Å². The van der Waals surface area contributed by atoms with Crippen molar-refractivity contribution in [1.29, 1.82) is 0 Å². The lowest BCUT2D eigenvalue weighted by Crippen LogP contribution is -2.04. The summed E-state index contributed by atoms with van der Waals surface area (Å²) in [4.78, 5) is 12.8. The highest BCUT2D eigenvalue weighted by atomic mass is 16.5. The van der Waals surface area contributed by atoms with Crippen molar-refractivity contribution in [3.63, 3.8) is 0 Å². The highest BCUT2D eigenvalue weighted by Gasteiger charge is 2.08. The lowest BCUT2D eigenvalue weighted by molar-refractivity contribution is 0.413. The molecule has 0 aromatic carbocycles. The van der Waals surface area contributed by atoms with Crippen molar-refractivity contribution in [3.05, 3.63) is 30.9 Å². The summed E-state index contributed by atoms with van der Waals surface area (Å²) >= 11 is 0. The van der Waals surface area contributed by atoms with Gasteiger partial charge in [-0.25, -0.2) is 4.98 Å². The van der Waals surface area contributed by atoms with Crippen molar-refractivity contribution in [1.82, 2.24) is 15.0 Å². The lowest BCUT2D eigenvalue weighted by atomic mass is 10.2. The summed E-state index contributed by atoms with van der Waals surface area (Å²) in [5.41, 5.74) is 1.68. The summed E-state index contributed by atoms with van der Waals surface area (Å²) in [5, 5.41) is 3.26. The van der Waals surface area contributed by atoms with Gasteiger partial charge in [-0.1, -0.05) is 6.92 Å². The first kappa shape index (κ1) is 12.3. The summed E-state index contributed by atoms with van der Waals surface area (Å²) < 4.78 is 5.17. The Morgan fingerprint density at radius 3 is 2.83 bits per heavy atom. The number of rotatable bonds is 5. The van der Waals surface area contributed by atoms with Crippen molar-refractivity contribution in [2.75, 3.05) is 19.0 Å². The smallest absolute Gasteiger partial charge is 0.152 e. The number of aromatic nitrogens is 3. The van der Waals surface area contributed by atoms with Crippen molar-refractivity contribution in [2.24, 2.45) is 0 Å². The number of pyridine rings is 1. The Kier molecular flexibility index (Phi) is 4.06. The van der Waals surface area contributed by atoms with Crippen LogP contribution < -0.4 is 10.1 Å². The predicted octanol–water partition coefficient (Wildman–Crippen LogP) is 2.37. The van der Waals surface area contributed by atoms with Crippen LogP contribution in [-0.4, -0.2) is 28.6 Å². The van der Waals surface area contributed by atoms with Gasteiger partial charge in [0, 0.05) is 30.7 Å². The molecule has 0 amide bonds. The van der Waals surface area contributed by atoms with Gasteiger partial charge in [-0.15, -0.1) is 0 Å². The first-order chi connectivity index (χ1) is 8.85. The molecule has 5 nitrogen and oxygen atoms in total. The molecule has 2 heterocycles. The fourth-order valence-electron chi connectivity index (χ4n) is 1.58. The van der Waals surface area contributed by atoms with Crippen LogP contribution in [0.2, 0.25) is 0 Å². The molecule has 0 unspecified atom stereocenters. The van der Waals surface area contributed by atoms with E-state index in [-0.39, 0.29) is 0 Å². The summed E-state index contributed by atoms with van der Waals surface area (Å²) in [6.45, 7) is 2.97. The largest absolute Gasteiger partial charge is 0.495 e. The van der Waals surface area contributed by atoms with Crippen LogP contribution in [0, 0.1) is 0 Å². The van der Waals surface area contributed by atoms with E-state index in [9.17, 15) is 0 Å². The van der Waals surface area contributed by atoms with Crippen LogP contribution in [-0.2, 0) is 0 Å². The Hall–Kier alpha value is -2.17. The van der Waals surface area contributed by atoms with Crippen LogP contribution in [0.4, 0.5) is 5.82 Å². The number of nitrogens with zero attached hydrogens (tertiary/aromatic N) is 3. The Bertz CT molecular complexity index is 516. The second-order valence-corrected chi connectivity index (χ2v) is 3.79. The van der Waals surface area contributed by atoms with Crippen LogP contribution in [0.25, 0.3) is 11.3 Å². The third-order valence-corrected chi connectivity index (χ3v) is 2.46. The summed E-state index contributed by atoms with van der Waals surface area (Å²) in [5.74, 6) is 1.48. The van der Waals surface area contributed by atoms with Gasteiger partial charge in [-0.05, 0) is 12.5 Å². The van der Waals surface area contributed by atoms with E-state index in [2.05, 4.69) is 27.2 Å². The number of nitrogens with one attached hydrogen (secondary N) is 1. The molecule has 1 N–H and O–H groups in total. The van der Waals surface area contributed by atoms with Gasteiger partial charge >= 0.3 is 0 Å². The van der Waals surface area contributed by atoms with E-state index in [4.69, 9.17) is 4.74 Å². The molecular formula is C13H16N4O. The van der Waals surface area contributed by atoms with Gasteiger partial charge in [0.05, 0.1) is 13.3 Å². The first-order valence-electron chi connectivity index (χ1n) is 5.89. The highest BCUT2D eigenvalue weighted by molar-refractivity contribution is 5.71. The molecule has 0 saturated heterocycles. The van der Waals surface area contributed by atoms with E-state index >= 15 is 0 Å². The molecule has 0 atom stereocenters. The van der Waals surface area contributed by atoms with Gasteiger partial charge in [0.15, 0.2) is 5.82 Å². The SMILES string of the molecule is CCCNc1nccnc1-c1cncc(OC)c1. The molecule has 18 heavy (non-hydrogen) atoms. The third kappa shape index (κ3) is 2.74. The zero-order chi connectivity index (χ0) is 12.8. The van der Waals surface area contributed by atoms with Gasteiger partial charge in [0.25, 0.3) is 0 Å². The standard InChI is InChI=1S/C13H16N4O/c1-3-4-16-13-12(15-5-6-17-13)10-7-11(18-2)9-14-8-10/h5-9H,3-4H2,1-2H3,(H,16,17). The van der Waals surface area contributed by atoms with E-state index in [1.165, 1.54) is 0 Å². The Labute approximate surface area is 106 Å². The van der Waals surface area contributed by atoms with Gasteiger partial charge in [-0.3, -0.25) is 9.97 Å². The zero-order valence-electron chi connectivity index (χ0n) is 10.6. The minimum atomic E-state index is 0.708. The highest BCUT2D eigenvalue weighted by Crippen LogP contribution is 2.25. The summed E-state index contributed by atoms with van der Waals surface area (Å²) in [7, 11) is 1.62. The maximum atomic E-state index is 5.17. The van der Waals surface area contributed by atoms with E-state index in [1.54, 1.807) is 31.9 Å². The topological polar surface area (TPSA) is 59.9 Å². The van der Waals surface area contributed by atoms with Crippen LogP contribution in [0.1, 0.15) is 13.3 Å². The molecule has 2 aromatic rings. The Balaban J connectivity index is 2.36. The Morgan fingerprint density at radius 2 is 2.06 bits per heavy atom. The average Bonchev–Trinajstić information content (AvgIpc) is 2.45. The van der Waals surface area contributed by atoms with Gasteiger partial charge in [0.1, 0.15) is 11.4 Å². The van der Waals surface area contributed by atoms with Crippen LogP contribution in [0.5, 0.6) is 5.75 Å². The molecule has 0 saturated carbocycles. The first-order valence-corrected chi connectivity index (χ1v) is 5.89. The molecule has 0 aliphatic rings. The van der Waals surface area contributed by atoms with E-state index in [1.807, 2.05) is 6.07 Å². The quantitative estimate of drug-likeness (QED) is 0.875. The molecule has 0 aliphatic carbocycles. The molecule has 0 fully saturated rings. The molecule has 5 heteroatoms. The minimum absolute atomic E-state index is 0.708. The Morgan fingerprint density at radius 1 is 1.22 bits per heavy atom. The number of hydrogen-bond acceptors (Lipinski definition) is 5. The molecule has 0 aliphatic heterocycles. The van der Waals surface area contributed by atoms with Crippen LogP contribution in [0.3, 0.4) is 0 Å². The monoisotopic (exact) mass is 244 g/mol. The molecule has 0 radical (unpaired) electrons. The van der Waals surface area contributed by atoms with Gasteiger partial charge in [-0.2, -0.15) is 0 Å². The van der Waals surface area contributed by atoms with Crippen molar-refractivity contribution in [3.8, 4) is 17.0 Å². The van der Waals surface area contributed by atoms with Gasteiger partial charge in [0.2, 0.25) is 0 Å². The molecular weight excluding hydrogens is 228 g/mol. The second kappa shape index (κ2) is 5.95. The van der Waals surface area contributed by atoms with Crippen LogP contribution >= 0.6 is 0 Å². The average molecular weight is 244 g/mol. The number of methoxy groups -OCH3 is 1. The molecule has 0 spiro atoms. The zero-order valence-corrected chi connectivity index (χ0v) is 10.6. The van der Waals surface area contributed by atoms with E-state index in [0.717, 1.165) is 30.0 Å². The predicted molar refractivity (Wildman–Crippen MR) is 70.6 cm³/mol.